The van der Waals surface area contributed by atoms with Crippen LogP contribution < -0.4 is 0 Å². The van der Waals surface area contributed by atoms with Crippen LogP contribution >= 0.6 is 11.3 Å². The van der Waals surface area contributed by atoms with Gasteiger partial charge in [0.25, 0.3) is 0 Å². The molecule has 106 valence electrons. The van der Waals surface area contributed by atoms with Gasteiger partial charge < -0.3 is 4.74 Å². The molecule has 0 bridgehead atoms. The van der Waals surface area contributed by atoms with E-state index >= 15 is 0 Å². The highest BCUT2D eigenvalue weighted by molar-refractivity contribution is 7.11. The van der Waals surface area contributed by atoms with Crippen molar-refractivity contribution in [1.82, 2.24) is 4.90 Å². The predicted molar refractivity (Wildman–Crippen MR) is 78.3 cm³/mol. The third-order valence-electron chi connectivity index (χ3n) is 3.57. The fraction of sp³-hybridized carbons (Fsp3) is 0.667. The number of esters is 1. The highest BCUT2D eigenvalue weighted by atomic mass is 32.1. The third kappa shape index (κ3) is 4.05. The quantitative estimate of drug-likeness (QED) is 0.777. The van der Waals surface area contributed by atoms with Gasteiger partial charge in [-0.05, 0) is 44.9 Å². The molecule has 0 saturated carbocycles. The molecule has 1 unspecified atom stereocenters. The van der Waals surface area contributed by atoms with E-state index in [9.17, 15) is 4.79 Å². The van der Waals surface area contributed by atoms with Gasteiger partial charge in [0.15, 0.2) is 0 Å². The van der Waals surface area contributed by atoms with E-state index in [0.717, 1.165) is 38.9 Å². The van der Waals surface area contributed by atoms with Crippen molar-refractivity contribution in [2.75, 3.05) is 19.7 Å². The lowest BCUT2D eigenvalue weighted by Crippen LogP contribution is -2.38. The van der Waals surface area contributed by atoms with Crippen LogP contribution in [-0.4, -0.2) is 30.6 Å². The minimum Gasteiger partial charge on any atom is -0.466 e. The number of hydrogen-bond acceptors (Lipinski definition) is 4. The van der Waals surface area contributed by atoms with E-state index in [4.69, 9.17) is 4.74 Å². The molecule has 0 aliphatic carbocycles. The minimum absolute atomic E-state index is 0.0207. The lowest BCUT2D eigenvalue weighted by molar-refractivity contribution is -0.150. The van der Waals surface area contributed by atoms with Gasteiger partial charge in [-0.15, -0.1) is 11.3 Å². The van der Waals surface area contributed by atoms with Crippen LogP contribution in [0.3, 0.4) is 0 Å². The molecule has 0 N–H and O–H groups in total. The lowest BCUT2D eigenvalue weighted by atomic mass is 9.98. The van der Waals surface area contributed by atoms with Gasteiger partial charge in [-0.3, -0.25) is 9.69 Å². The van der Waals surface area contributed by atoms with E-state index in [1.165, 1.54) is 9.75 Å². The summed E-state index contributed by atoms with van der Waals surface area (Å²) < 4.78 is 5.14. The summed E-state index contributed by atoms with van der Waals surface area (Å²) in [5, 5.41) is 0. The second kappa shape index (κ2) is 7.06. The zero-order valence-corrected chi connectivity index (χ0v) is 12.7. The summed E-state index contributed by atoms with van der Waals surface area (Å²) in [5.74, 6) is 0.0481. The molecule has 1 saturated heterocycles. The zero-order chi connectivity index (χ0) is 13.7. The number of nitrogens with zero attached hydrogens (tertiary/aromatic N) is 1. The van der Waals surface area contributed by atoms with E-state index in [1.54, 1.807) is 0 Å². The highest BCUT2D eigenvalue weighted by Gasteiger charge is 2.26. The Morgan fingerprint density at radius 2 is 2.21 bits per heavy atom. The molecule has 19 heavy (non-hydrogen) atoms. The Morgan fingerprint density at radius 1 is 1.42 bits per heavy atom. The smallest absolute Gasteiger partial charge is 0.310 e. The van der Waals surface area contributed by atoms with Crippen LogP contribution in [0.2, 0.25) is 0 Å². The number of aryl methyl sites for hydroxylation is 1. The van der Waals surface area contributed by atoms with Crippen LogP contribution in [0.5, 0.6) is 0 Å². The lowest BCUT2D eigenvalue weighted by Gasteiger charge is -2.31. The summed E-state index contributed by atoms with van der Waals surface area (Å²) in [7, 11) is 0. The van der Waals surface area contributed by atoms with E-state index in [2.05, 4.69) is 24.0 Å². The molecular formula is C15H23NO2S. The Morgan fingerprint density at radius 3 is 2.89 bits per heavy atom. The number of hydrogen-bond donors (Lipinski definition) is 0. The number of carbonyl (C=O) groups excluding carboxylic acids is 1. The van der Waals surface area contributed by atoms with Gasteiger partial charge in [-0.25, -0.2) is 0 Å². The standard InChI is InChI=1S/C15H23NO2S/c1-3-13-7-8-14(19-13)11-16-9-5-6-12(10-16)15(17)18-4-2/h7-8,12H,3-6,9-11H2,1-2H3. The van der Waals surface area contributed by atoms with E-state index in [0.29, 0.717) is 6.61 Å². The molecule has 1 aromatic rings. The Balaban J connectivity index is 1.88. The van der Waals surface area contributed by atoms with Crippen LogP contribution in [0.25, 0.3) is 0 Å². The van der Waals surface area contributed by atoms with E-state index in [1.807, 2.05) is 18.3 Å². The summed E-state index contributed by atoms with van der Waals surface area (Å²) in [6.07, 6.45) is 3.17. The van der Waals surface area contributed by atoms with Crippen LogP contribution in [0.1, 0.15) is 36.4 Å². The number of thiophene rings is 1. The molecule has 3 nitrogen and oxygen atoms in total. The Kier molecular flexibility index (Phi) is 5.40. The first kappa shape index (κ1) is 14.5. The van der Waals surface area contributed by atoms with Gasteiger partial charge in [0.1, 0.15) is 0 Å². The van der Waals surface area contributed by atoms with Crippen LogP contribution in [0.15, 0.2) is 12.1 Å². The number of piperidine rings is 1. The summed E-state index contributed by atoms with van der Waals surface area (Å²) in [6, 6.07) is 4.43. The molecule has 2 rings (SSSR count). The Labute approximate surface area is 119 Å². The number of carbonyl (C=O) groups is 1. The van der Waals surface area contributed by atoms with Gasteiger partial charge in [0.2, 0.25) is 0 Å². The van der Waals surface area contributed by atoms with Gasteiger partial charge in [0.05, 0.1) is 12.5 Å². The molecule has 1 aliphatic heterocycles. The van der Waals surface area contributed by atoms with Crippen LogP contribution in [-0.2, 0) is 22.5 Å². The number of ether oxygens (including phenoxy) is 1. The second-order valence-electron chi connectivity index (χ2n) is 5.05. The Bertz CT molecular complexity index is 416. The second-order valence-corrected chi connectivity index (χ2v) is 6.30. The largest absolute Gasteiger partial charge is 0.466 e. The third-order valence-corrected chi connectivity index (χ3v) is 4.78. The maximum Gasteiger partial charge on any atom is 0.310 e. The van der Waals surface area contributed by atoms with Gasteiger partial charge in [0, 0.05) is 22.8 Å². The summed E-state index contributed by atoms with van der Waals surface area (Å²) in [4.78, 5) is 17.0. The fourth-order valence-electron chi connectivity index (χ4n) is 2.57. The van der Waals surface area contributed by atoms with E-state index < -0.39 is 0 Å². The summed E-state index contributed by atoms with van der Waals surface area (Å²) >= 11 is 1.89. The molecule has 1 fully saturated rings. The first-order chi connectivity index (χ1) is 9.22. The molecule has 1 aromatic heterocycles. The number of likely N-dealkylation sites (tertiary alicyclic amines) is 1. The van der Waals surface area contributed by atoms with Crippen molar-refractivity contribution in [3.05, 3.63) is 21.9 Å². The maximum absolute atomic E-state index is 11.8. The minimum atomic E-state index is -0.0207. The van der Waals surface area contributed by atoms with Gasteiger partial charge in [-0.1, -0.05) is 6.92 Å². The summed E-state index contributed by atoms with van der Waals surface area (Å²) in [5.41, 5.74) is 0. The average Bonchev–Trinajstić information content (AvgIpc) is 2.87. The van der Waals surface area contributed by atoms with Crippen molar-refractivity contribution in [2.24, 2.45) is 5.92 Å². The van der Waals surface area contributed by atoms with Crippen molar-refractivity contribution in [1.29, 1.82) is 0 Å². The maximum atomic E-state index is 11.8. The van der Waals surface area contributed by atoms with Crippen LogP contribution in [0.4, 0.5) is 0 Å². The van der Waals surface area contributed by atoms with E-state index in [-0.39, 0.29) is 11.9 Å². The van der Waals surface area contributed by atoms with Gasteiger partial charge in [-0.2, -0.15) is 0 Å². The van der Waals surface area contributed by atoms with Crippen molar-refractivity contribution in [2.45, 2.75) is 39.7 Å². The summed E-state index contributed by atoms with van der Waals surface area (Å²) in [6.45, 7) is 7.46. The Hall–Kier alpha value is -0.870. The number of rotatable bonds is 5. The molecule has 0 amide bonds. The van der Waals surface area contributed by atoms with Crippen molar-refractivity contribution in [3.63, 3.8) is 0 Å². The first-order valence-corrected chi connectivity index (χ1v) is 8.01. The molecule has 1 aliphatic rings. The monoisotopic (exact) mass is 281 g/mol. The molecule has 2 heterocycles. The zero-order valence-electron chi connectivity index (χ0n) is 11.9. The molecule has 0 radical (unpaired) electrons. The molecule has 0 spiro atoms. The van der Waals surface area contributed by atoms with Crippen molar-refractivity contribution in [3.8, 4) is 0 Å². The molecular weight excluding hydrogens is 258 g/mol. The molecule has 4 heteroatoms. The normalized spacial score (nSPS) is 20.4. The highest BCUT2D eigenvalue weighted by Crippen LogP contribution is 2.23. The predicted octanol–water partition coefficient (Wildman–Crippen LogP) is 3.09. The molecule has 0 aromatic carbocycles. The average molecular weight is 281 g/mol. The topological polar surface area (TPSA) is 29.5 Å². The van der Waals surface area contributed by atoms with Gasteiger partial charge >= 0.3 is 5.97 Å². The molecule has 1 atom stereocenters. The SMILES string of the molecule is CCOC(=O)C1CCCN(Cc2ccc(CC)s2)C1. The first-order valence-electron chi connectivity index (χ1n) is 7.19. The van der Waals surface area contributed by atoms with Crippen LogP contribution in [0, 0.1) is 5.92 Å². The van der Waals surface area contributed by atoms with Crippen molar-refractivity contribution < 1.29 is 9.53 Å². The fourth-order valence-corrected chi connectivity index (χ4v) is 3.57. The van der Waals surface area contributed by atoms with Crippen molar-refractivity contribution >= 4 is 17.3 Å².